The third kappa shape index (κ3) is 5.01. The lowest BCUT2D eigenvalue weighted by Crippen LogP contribution is -2.51. The number of amides is 2. The van der Waals surface area contributed by atoms with Gasteiger partial charge < -0.3 is 24.8 Å². The first-order valence-corrected chi connectivity index (χ1v) is 7.90. The molecule has 2 N–H and O–H groups in total. The summed E-state index contributed by atoms with van der Waals surface area (Å²) in [5, 5.41) is 5.55. The fourth-order valence-electron chi connectivity index (χ4n) is 2.04. The topological polar surface area (TPSA) is 85.9 Å². The van der Waals surface area contributed by atoms with Crippen LogP contribution in [0.2, 0.25) is 0 Å². The summed E-state index contributed by atoms with van der Waals surface area (Å²) in [5.74, 6) is 0.449. The van der Waals surface area contributed by atoms with Crippen LogP contribution in [0.25, 0.3) is 0 Å². The van der Waals surface area contributed by atoms with Gasteiger partial charge in [0.05, 0.1) is 21.3 Å². The number of hydrogen-bond donors (Lipinski definition) is 2. The third-order valence-electron chi connectivity index (χ3n) is 3.55. The number of methoxy groups -OCH3 is 3. The van der Waals surface area contributed by atoms with Gasteiger partial charge in [0.15, 0.2) is 11.5 Å². The van der Waals surface area contributed by atoms with Crippen molar-refractivity contribution in [2.45, 2.75) is 40.2 Å². The van der Waals surface area contributed by atoms with Gasteiger partial charge >= 0.3 is 0 Å². The smallest absolute Gasteiger partial charge is 0.239 e. The zero-order valence-electron chi connectivity index (χ0n) is 16.2. The number of anilines is 1. The zero-order valence-corrected chi connectivity index (χ0v) is 16.2. The zero-order chi connectivity index (χ0) is 19.4. The lowest BCUT2D eigenvalue weighted by molar-refractivity contribution is -0.139. The van der Waals surface area contributed by atoms with Gasteiger partial charge in [0, 0.05) is 23.4 Å². The number of carbonyl (C=O) groups is 2. The fraction of sp³-hybridized carbons (Fsp3) is 0.556. The molecular weight excluding hydrogens is 324 g/mol. The van der Waals surface area contributed by atoms with E-state index in [1.165, 1.54) is 21.3 Å². The van der Waals surface area contributed by atoms with Gasteiger partial charge in [-0.2, -0.15) is 0 Å². The maximum atomic E-state index is 12.6. The average Bonchev–Trinajstić information content (AvgIpc) is 2.51. The molecule has 0 aliphatic heterocycles. The molecule has 2 amide bonds. The van der Waals surface area contributed by atoms with Crippen molar-refractivity contribution in [1.82, 2.24) is 5.32 Å². The van der Waals surface area contributed by atoms with Crippen molar-refractivity contribution in [3.05, 3.63) is 12.1 Å². The lowest BCUT2D eigenvalue weighted by atomic mass is 9.89. The molecule has 0 aliphatic rings. The van der Waals surface area contributed by atoms with E-state index in [1.54, 1.807) is 26.0 Å². The Morgan fingerprint density at radius 3 is 1.68 bits per heavy atom. The SMILES string of the molecule is COc1cc(NC(=O)C(C)(C)C(=O)NC(C)(C)C)cc(OC)c1OC. The van der Waals surface area contributed by atoms with Crippen LogP contribution in [0.1, 0.15) is 34.6 Å². The maximum Gasteiger partial charge on any atom is 0.239 e. The third-order valence-corrected chi connectivity index (χ3v) is 3.55. The summed E-state index contributed by atoms with van der Waals surface area (Å²) in [5.41, 5.74) is -1.24. The largest absolute Gasteiger partial charge is 0.493 e. The summed E-state index contributed by atoms with van der Waals surface area (Å²) >= 11 is 0. The highest BCUT2D eigenvalue weighted by molar-refractivity contribution is 6.10. The summed E-state index contributed by atoms with van der Waals surface area (Å²) in [4.78, 5) is 25.0. The van der Waals surface area contributed by atoms with E-state index >= 15 is 0 Å². The van der Waals surface area contributed by atoms with E-state index in [9.17, 15) is 9.59 Å². The molecular formula is C18H28N2O5. The van der Waals surface area contributed by atoms with Crippen LogP contribution in [0.3, 0.4) is 0 Å². The Morgan fingerprint density at radius 2 is 1.32 bits per heavy atom. The van der Waals surface area contributed by atoms with Gasteiger partial charge in [-0.3, -0.25) is 9.59 Å². The molecule has 7 heteroatoms. The molecule has 7 nitrogen and oxygen atoms in total. The molecule has 1 rings (SSSR count). The Bertz CT molecular complexity index is 622. The van der Waals surface area contributed by atoms with Crippen molar-refractivity contribution in [2.75, 3.05) is 26.6 Å². The van der Waals surface area contributed by atoms with Crippen molar-refractivity contribution in [3.63, 3.8) is 0 Å². The normalized spacial score (nSPS) is 11.5. The molecule has 0 bridgehead atoms. The van der Waals surface area contributed by atoms with Gasteiger partial charge in [-0.15, -0.1) is 0 Å². The van der Waals surface area contributed by atoms with Crippen molar-refractivity contribution < 1.29 is 23.8 Å². The Morgan fingerprint density at radius 1 is 0.840 bits per heavy atom. The molecule has 0 aliphatic carbocycles. The number of nitrogens with one attached hydrogen (secondary N) is 2. The molecule has 0 saturated heterocycles. The first kappa shape index (κ1) is 20.6. The maximum absolute atomic E-state index is 12.6. The van der Waals surface area contributed by atoms with Crippen LogP contribution in [-0.4, -0.2) is 38.7 Å². The highest BCUT2D eigenvalue weighted by Gasteiger charge is 2.37. The van der Waals surface area contributed by atoms with Gasteiger partial charge in [-0.25, -0.2) is 0 Å². The van der Waals surface area contributed by atoms with E-state index in [2.05, 4.69) is 10.6 Å². The first-order chi connectivity index (χ1) is 11.5. The van der Waals surface area contributed by atoms with E-state index in [0.29, 0.717) is 22.9 Å². The van der Waals surface area contributed by atoms with Gasteiger partial charge in [0.25, 0.3) is 0 Å². The quantitative estimate of drug-likeness (QED) is 0.769. The average molecular weight is 352 g/mol. The lowest BCUT2D eigenvalue weighted by Gasteiger charge is -2.28. The Balaban J connectivity index is 3.08. The second-order valence-electron chi connectivity index (χ2n) is 7.20. The highest BCUT2D eigenvalue weighted by atomic mass is 16.5. The summed E-state index contributed by atoms with van der Waals surface area (Å²) < 4.78 is 15.8. The van der Waals surface area contributed by atoms with E-state index in [0.717, 1.165) is 0 Å². The van der Waals surface area contributed by atoms with E-state index in [-0.39, 0.29) is 5.91 Å². The van der Waals surface area contributed by atoms with Crippen LogP contribution in [0, 0.1) is 5.41 Å². The van der Waals surface area contributed by atoms with Crippen LogP contribution in [0.15, 0.2) is 12.1 Å². The molecule has 0 radical (unpaired) electrons. The second-order valence-corrected chi connectivity index (χ2v) is 7.20. The van der Waals surface area contributed by atoms with Gasteiger partial charge in [0.1, 0.15) is 5.41 Å². The second kappa shape index (κ2) is 7.63. The number of carbonyl (C=O) groups excluding carboxylic acids is 2. The van der Waals surface area contributed by atoms with Crippen molar-refractivity contribution in [1.29, 1.82) is 0 Å². The summed E-state index contributed by atoms with van der Waals surface area (Å²) in [7, 11) is 4.48. The number of hydrogen-bond acceptors (Lipinski definition) is 5. The Kier molecular flexibility index (Phi) is 6.29. The van der Waals surface area contributed by atoms with Gasteiger partial charge in [0.2, 0.25) is 17.6 Å². The fourth-order valence-corrected chi connectivity index (χ4v) is 2.04. The summed E-state index contributed by atoms with van der Waals surface area (Å²) in [6.07, 6.45) is 0. The first-order valence-electron chi connectivity index (χ1n) is 7.90. The minimum absolute atomic E-state index is 0.357. The van der Waals surface area contributed by atoms with Gasteiger partial charge in [-0.1, -0.05) is 0 Å². The predicted octanol–water partition coefficient (Wildman–Crippen LogP) is 2.59. The van der Waals surface area contributed by atoms with Crippen molar-refractivity contribution in [2.24, 2.45) is 5.41 Å². The standard InChI is InChI=1S/C18H28N2O5/c1-17(2,3)20-16(22)18(4,5)15(21)19-11-9-12(23-6)14(25-8)13(10-11)24-7/h9-10H,1-8H3,(H,19,21)(H,20,22). The molecule has 0 heterocycles. The predicted molar refractivity (Wildman–Crippen MR) is 96.4 cm³/mol. The minimum Gasteiger partial charge on any atom is -0.493 e. The Hall–Kier alpha value is -2.44. The van der Waals surface area contributed by atoms with Crippen molar-refractivity contribution >= 4 is 17.5 Å². The van der Waals surface area contributed by atoms with Crippen LogP contribution < -0.4 is 24.8 Å². The van der Waals surface area contributed by atoms with Crippen LogP contribution in [0.5, 0.6) is 17.2 Å². The molecule has 0 atom stereocenters. The molecule has 0 aromatic heterocycles. The minimum atomic E-state index is -1.26. The van der Waals surface area contributed by atoms with Crippen molar-refractivity contribution in [3.8, 4) is 17.2 Å². The summed E-state index contributed by atoms with van der Waals surface area (Å²) in [6.45, 7) is 8.72. The molecule has 140 valence electrons. The number of ether oxygens (including phenoxy) is 3. The molecule has 0 fully saturated rings. The number of rotatable bonds is 6. The molecule has 0 unspecified atom stereocenters. The molecule has 25 heavy (non-hydrogen) atoms. The molecule has 0 spiro atoms. The highest BCUT2D eigenvalue weighted by Crippen LogP contribution is 2.40. The number of benzene rings is 1. The van der Waals surface area contributed by atoms with Gasteiger partial charge in [-0.05, 0) is 34.6 Å². The van der Waals surface area contributed by atoms with E-state index in [4.69, 9.17) is 14.2 Å². The van der Waals surface area contributed by atoms with Crippen LogP contribution in [-0.2, 0) is 9.59 Å². The monoisotopic (exact) mass is 352 g/mol. The van der Waals surface area contributed by atoms with Crippen LogP contribution in [0.4, 0.5) is 5.69 Å². The molecule has 1 aromatic rings. The summed E-state index contributed by atoms with van der Waals surface area (Å²) in [6, 6.07) is 3.22. The van der Waals surface area contributed by atoms with Crippen LogP contribution >= 0.6 is 0 Å². The molecule has 1 aromatic carbocycles. The Labute approximate surface area is 149 Å². The van der Waals surface area contributed by atoms with E-state index < -0.39 is 16.9 Å². The molecule has 0 saturated carbocycles. The van der Waals surface area contributed by atoms with E-state index in [1.807, 2.05) is 20.8 Å².